The van der Waals surface area contributed by atoms with Crippen LogP contribution in [0, 0.1) is 5.92 Å². The minimum Gasteiger partial charge on any atom is -0.472 e. The lowest BCUT2D eigenvalue weighted by molar-refractivity contribution is 0.0274. The van der Waals surface area contributed by atoms with Crippen molar-refractivity contribution in [1.29, 1.82) is 0 Å². The molecule has 6 heteroatoms. The summed E-state index contributed by atoms with van der Waals surface area (Å²) >= 11 is 0. The molecule has 148 valence electrons. The van der Waals surface area contributed by atoms with Crippen LogP contribution >= 0.6 is 0 Å². The number of carbonyl (C=O) groups is 2. The van der Waals surface area contributed by atoms with Gasteiger partial charge >= 0.3 is 6.09 Å². The first-order chi connectivity index (χ1) is 13.2. The number of rotatable bonds is 4. The maximum absolute atomic E-state index is 12.3. The molecule has 1 amide bonds. The average molecular weight is 382 g/mol. The van der Waals surface area contributed by atoms with Gasteiger partial charge in [-0.2, -0.15) is 0 Å². The Morgan fingerprint density at radius 2 is 1.93 bits per heavy atom. The van der Waals surface area contributed by atoms with Gasteiger partial charge in [-0.05, 0) is 32.9 Å². The van der Waals surface area contributed by atoms with Crippen molar-refractivity contribution in [2.75, 3.05) is 13.1 Å². The van der Waals surface area contributed by atoms with E-state index in [4.69, 9.17) is 9.47 Å². The van der Waals surface area contributed by atoms with Crippen molar-refractivity contribution in [3.8, 4) is 17.1 Å². The van der Waals surface area contributed by atoms with Gasteiger partial charge in [-0.15, -0.1) is 0 Å². The molecule has 3 rings (SSSR count). The number of hydrogen-bond donors (Lipinski definition) is 0. The van der Waals surface area contributed by atoms with Crippen molar-refractivity contribution in [2.24, 2.45) is 5.92 Å². The summed E-state index contributed by atoms with van der Waals surface area (Å²) in [5, 5.41) is 0. The van der Waals surface area contributed by atoms with E-state index >= 15 is 0 Å². The summed E-state index contributed by atoms with van der Waals surface area (Å²) in [5.41, 5.74) is 1.66. The Labute approximate surface area is 165 Å². The van der Waals surface area contributed by atoms with Crippen molar-refractivity contribution in [1.82, 2.24) is 9.88 Å². The molecule has 28 heavy (non-hydrogen) atoms. The van der Waals surface area contributed by atoms with Crippen LogP contribution in [0.15, 0.2) is 42.5 Å². The Bertz CT molecular complexity index is 860. The molecule has 1 saturated heterocycles. The molecule has 2 atom stereocenters. The fourth-order valence-electron chi connectivity index (χ4n) is 3.13. The highest BCUT2D eigenvalue weighted by Crippen LogP contribution is 2.26. The Balaban J connectivity index is 1.70. The molecule has 0 bridgehead atoms. The number of nitrogens with zero attached hydrogens (tertiary/aromatic N) is 2. The Kier molecular flexibility index (Phi) is 5.68. The zero-order valence-electron chi connectivity index (χ0n) is 16.7. The monoisotopic (exact) mass is 382 g/mol. The predicted octanol–water partition coefficient (Wildman–Crippen LogP) is 4.20. The number of hydrogen-bond acceptors (Lipinski definition) is 5. The molecule has 1 aromatic heterocycles. The topological polar surface area (TPSA) is 68.7 Å². The number of aldehydes is 1. The molecule has 6 nitrogen and oxygen atoms in total. The van der Waals surface area contributed by atoms with E-state index in [0.29, 0.717) is 24.5 Å². The number of aromatic nitrogens is 1. The first-order valence-electron chi connectivity index (χ1n) is 9.42. The molecule has 0 aliphatic carbocycles. The zero-order valence-corrected chi connectivity index (χ0v) is 16.7. The number of pyridine rings is 1. The summed E-state index contributed by atoms with van der Waals surface area (Å²) in [5.74, 6) is 0.660. The second kappa shape index (κ2) is 8.00. The van der Waals surface area contributed by atoms with Gasteiger partial charge in [0.15, 0.2) is 0 Å². The van der Waals surface area contributed by atoms with Gasteiger partial charge in [0.25, 0.3) is 0 Å². The normalized spacial score (nSPS) is 19.4. The van der Waals surface area contributed by atoms with E-state index in [0.717, 1.165) is 17.5 Å². The highest BCUT2D eigenvalue weighted by atomic mass is 16.6. The maximum Gasteiger partial charge on any atom is 0.410 e. The van der Waals surface area contributed by atoms with Crippen LogP contribution < -0.4 is 4.74 Å². The minimum absolute atomic E-state index is 0.156. The predicted molar refractivity (Wildman–Crippen MR) is 106 cm³/mol. The average Bonchev–Trinajstić information content (AvgIpc) is 3.01. The first kappa shape index (κ1) is 19.9. The highest BCUT2D eigenvalue weighted by molar-refractivity contribution is 5.78. The number of likely N-dealkylation sites (tertiary alicyclic amines) is 1. The lowest BCUT2D eigenvalue weighted by Crippen LogP contribution is -2.36. The number of benzene rings is 1. The molecular formula is C22H26N2O4. The fourth-order valence-corrected chi connectivity index (χ4v) is 3.13. The van der Waals surface area contributed by atoms with Crippen molar-refractivity contribution in [3.05, 3.63) is 48.0 Å². The van der Waals surface area contributed by atoms with Crippen LogP contribution in [-0.2, 0) is 4.74 Å². The van der Waals surface area contributed by atoms with E-state index in [1.165, 1.54) is 0 Å². The minimum atomic E-state index is -0.523. The number of amides is 1. The van der Waals surface area contributed by atoms with Crippen LogP contribution in [0.2, 0.25) is 0 Å². The third kappa shape index (κ3) is 4.88. The van der Waals surface area contributed by atoms with Gasteiger partial charge in [0, 0.05) is 29.7 Å². The van der Waals surface area contributed by atoms with Gasteiger partial charge in [-0.1, -0.05) is 31.2 Å². The summed E-state index contributed by atoms with van der Waals surface area (Å²) in [4.78, 5) is 29.6. The molecule has 1 fully saturated rings. The van der Waals surface area contributed by atoms with Gasteiger partial charge in [0.05, 0.1) is 12.2 Å². The van der Waals surface area contributed by atoms with Crippen LogP contribution in [-0.4, -0.2) is 47.1 Å². The largest absolute Gasteiger partial charge is 0.472 e. The molecule has 2 heterocycles. The lowest BCUT2D eigenvalue weighted by Gasteiger charge is -2.24. The summed E-state index contributed by atoms with van der Waals surface area (Å²) < 4.78 is 11.5. The molecular weight excluding hydrogens is 356 g/mol. The molecule has 1 aromatic carbocycles. The Hall–Kier alpha value is -2.89. The maximum atomic E-state index is 12.3. The second-order valence-electron chi connectivity index (χ2n) is 8.12. The molecule has 0 radical (unpaired) electrons. The molecule has 1 aliphatic rings. The molecule has 0 spiro atoms. The van der Waals surface area contributed by atoms with Crippen LogP contribution in [0.3, 0.4) is 0 Å². The highest BCUT2D eigenvalue weighted by Gasteiger charge is 2.36. The van der Waals surface area contributed by atoms with Crippen molar-refractivity contribution >= 4 is 12.4 Å². The fraction of sp³-hybridized carbons (Fsp3) is 0.409. The summed E-state index contributed by atoms with van der Waals surface area (Å²) in [6, 6.07) is 12.8. The molecule has 1 aliphatic heterocycles. The van der Waals surface area contributed by atoms with Crippen molar-refractivity contribution in [3.63, 3.8) is 0 Å². The summed E-state index contributed by atoms with van der Waals surface area (Å²) in [6.07, 6.45) is 0.337. The smallest absolute Gasteiger partial charge is 0.410 e. The number of carbonyl (C=O) groups excluding carboxylic acids is 2. The van der Waals surface area contributed by atoms with Gasteiger partial charge in [-0.3, -0.25) is 4.79 Å². The van der Waals surface area contributed by atoms with Gasteiger partial charge in [0.1, 0.15) is 18.0 Å². The Morgan fingerprint density at radius 3 is 2.64 bits per heavy atom. The van der Waals surface area contributed by atoms with Crippen molar-refractivity contribution in [2.45, 2.75) is 39.4 Å². The van der Waals surface area contributed by atoms with E-state index in [-0.39, 0.29) is 18.1 Å². The Morgan fingerprint density at radius 1 is 1.18 bits per heavy atom. The molecule has 0 N–H and O–H groups in total. The summed E-state index contributed by atoms with van der Waals surface area (Å²) in [6.45, 7) is 8.66. The van der Waals surface area contributed by atoms with E-state index in [1.807, 2.05) is 52.0 Å². The molecule has 2 unspecified atom stereocenters. The van der Waals surface area contributed by atoms with Gasteiger partial charge < -0.3 is 14.4 Å². The van der Waals surface area contributed by atoms with Gasteiger partial charge in [0.2, 0.25) is 5.88 Å². The van der Waals surface area contributed by atoms with E-state index in [2.05, 4.69) is 4.98 Å². The standard InChI is InChI=1S/C22H26N2O4/c1-15-12-24(21(26)28-22(2,3)4)13-19(15)27-20-10-6-9-18(23-20)17-8-5-7-16(11-17)14-25/h5-11,14-15,19H,12-13H2,1-4H3. The van der Waals surface area contributed by atoms with E-state index in [1.54, 1.807) is 23.1 Å². The van der Waals surface area contributed by atoms with E-state index < -0.39 is 5.60 Å². The zero-order chi connectivity index (χ0) is 20.3. The third-order valence-electron chi connectivity index (χ3n) is 4.51. The van der Waals surface area contributed by atoms with Crippen molar-refractivity contribution < 1.29 is 19.1 Å². The van der Waals surface area contributed by atoms with Crippen LogP contribution in [0.1, 0.15) is 38.1 Å². The lowest BCUT2D eigenvalue weighted by atomic mass is 10.1. The number of ether oxygens (including phenoxy) is 2. The van der Waals surface area contributed by atoms with Crippen LogP contribution in [0.25, 0.3) is 11.3 Å². The molecule has 0 saturated carbocycles. The summed E-state index contributed by atoms with van der Waals surface area (Å²) in [7, 11) is 0. The first-order valence-corrected chi connectivity index (χ1v) is 9.42. The van der Waals surface area contributed by atoms with Gasteiger partial charge in [-0.25, -0.2) is 9.78 Å². The third-order valence-corrected chi connectivity index (χ3v) is 4.51. The SMILES string of the molecule is CC1CN(C(=O)OC(C)(C)C)CC1Oc1cccc(-c2cccc(C=O)c2)n1. The second-order valence-corrected chi connectivity index (χ2v) is 8.12. The quantitative estimate of drug-likeness (QED) is 0.742. The van der Waals surface area contributed by atoms with Crippen LogP contribution in [0.4, 0.5) is 4.79 Å². The van der Waals surface area contributed by atoms with Crippen LogP contribution in [0.5, 0.6) is 5.88 Å². The molecule has 2 aromatic rings. The van der Waals surface area contributed by atoms with E-state index in [9.17, 15) is 9.59 Å².